The summed E-state index contributed by atoms with van der Waals surface area (Å²) >= 11 is 0. The lowest BCUT2D eigenvalue weighted by Gasteiger charge is -2.15. The second-order valence-corrected chi connectivity index (χ2v) is 4.99. The van der Waals surface area contributed by atoms with Gasteiger partial charge in [0.2, 0.25) is 0 Å². The minimum absolute atomic E-state index is 0.163. The van der Waals surface area contributed by atoms with Gasteiger partial charge in [-0.15, -0.1) is 0 Å². The first-order chi connectivity index (χ1) is 9.08. The van der Waals surface area contributed by atoms with Crippen LogP contribution in [-0.4, -0.2) is 18.6 Å². The molecule has 1 unspecified atom stereocenters. The number of benzene rings is 1. The van der Waals surface area contributed by atoms with Gasteiger partial charge >= 0.3 is 5.97 Å². The molecule has 0 spiro atoms. The van der Waals surface area contributed by atoms with Crippen LogP contribution in [0.5, 0.6) is 0 Å². The van der Waals surface area contributed by atoms with Gasteiger partial charge in [0, 0.05) is 6.54 Å². The van der Waals surface area contributed by atoms with E-state index in [4.69, 9.17) is 4.74 Å². The average molecular weight is 263 g/mol. The summed E-state index contributed by atoms with van der Waals surface area (Å²) in [5, 5.41) is 3.24. The van der Waals surface area contributed by atoms with E-state index in [-0.39, 0.29) is 12.0 Å². The molecule has 0 radical (unpaired) electrons. The van der Waals surface area contributed by atoms with E-state index in [9.17, 15) is 4.79 Å². The maximum absolute atomic E-state index is 11.7. The fourth-order valence-corrected chi connectivity index (χ4v) is 1.90. The summed E-state index contributed by atoms with van der Waals surface area (Å²) in [5.41, 5.74) is 2.52. The van der Waals surface area contributed by atoms with Gasteiger partial charge in [-0.2, -0.15) is 0 Å². The summed E-state index contributed by atoms with van der Waals surface area (Å²) in [6, 6.07) is 8.30. The lowest BCUT2D eigenvalue weighted by atomic mass is 10.0. The molecule has 0 aliphatic rings. The van der Waals surface area contributed by atoms with Crippen LogP contribution in [0.25, 0.3) is 0 Å². The van der Waals surface area contributed by atoms with Crippen LogP contribution in [0.2, 0.25) is 0 Å². The number of hydrogen-bond donors (Lipinski definition) is 1. The van der Waals surface area contributed by atoms with Crippen LogP contribution < -0.4 is 5.32 Å². The molecule has 106 valence electrons. The van der Waals surface area contributed by atoms with E-state index in [1.54, 1.807) is 0 Å². The van der Waals surface area contributed by atoms with E-state index >= 15 is 0 Å². The van der Waals surface area contributed by atoms with Crippen molar-refractivity contribution in [2.45, 2.75) is 52.6 Å². The van der Waals surface area contributed by atoms with E-state index in [1.807, 2.05) is 13.8 Å². The third-order valence-electron chi connectivity index (χ3n) is 3.18. The fourth-order valence-electron chi connectivity index (χ4n) is 1.90. The maximum atomic E-state index is 11.7. The molecule has 0 saturated heterocycles. The second-order valence-electron chi connectivity index (χ2n) is 4.99. The topological polar surface area (TPSA) is 38.3 Å². The molecule has 3 nitrogen and oxygen atoms in total. The molecule has 1 N–H and O–H groups in total. The number of esters is 1. The van der Waals surface area contributed by atoms with Crippen molar-refractivity contribution in [2.24, 2.45) is 0 Å². The number of hydrogen-bond acceptors (Lipinski definition) is 3. The van der Waals surface area contributed by atoms with E-state index in [0.717, 1.165) is 6.42 Å². The first-order valence-electron chi connectivity index (χ1n) is 7.07. The summed E-state index contributed by atoms with van der Waals surface area (Å²) in [6.45, 7) is 9.30. The Morgan fingerprint density at radius 3 is 2.32 bits per heavy atom. The summed E-state index contributed by atoms with van der Waals surface area (Å²) in [7, 11) is 0. The predicted molar refractivity (Wildman–Crippen MR) is 78.1 cm³/mol. The molecule has 0 bridgehead atoms. The lowest BCUT2D eigenvalue weighted by Crippen LogP contribution is -2.37. The highest BCUT2D eigenvalue weighted by molar-refractivity contribution is 5.75. The molecule has 0 fully saturated rings. The van der Waals surface area contributed by atoms with Crippen LogP contribution >= 0.6 is 0 Å². The van der Waals surface area contributed by atoms with Crippen LogP contribution in [0.1, 0.15) is 51.2 Å². The molecule has 0 amide bonds. The molecule has 19 heavy (non-hydrogen) atoms. The highest BCUT2D eigenvalue weighted by Gasteiger charge is 2.16. The van der Waals surface area contributed by atoms with Gasteiger partial charge in [0.1, 0.15) is 6.04 Å². The Morgan fingerprint density at radius 1 is 1.21 bits per heavy atom. The normalized spacial score (nSPS) is 12.5. The molecule has 0 aromatic heterocycles. The molecular weight excluding hydrogens is 238 g/mol. The summed E-state index contributed by atoms with van der Waals surface area (Å²) < 4.78 is 5.03. The number of nitrogens with one attached hydrogen (secondary N) is 1. The Morgan fingerprint density at radius 2 is 1.84 bits per heavy atom. The minimum Gasteiger partial charge on any atom is -0.465 e. The summed E-state index contributed by atoms with van der Waals surface area (Å²) in [4.78, 5) is 11.7. The van der Waals surface area contributed by atoms with Crippen molar-refractivity contribution in [1.29, 1.82) is 0 Å². The van der Waals surface area contributed by atoms with Crippen molar-refractivity contribution in [1.82, 2.24) is 5.32 Å². The Kier molecular flexibility index (Phi) is 6.57. The number of carbonyl (C=O) groups excluding carboxylic acids is 1. The average Bonchev–Trinajstić information content (AvgIpc) is 2.40. The SMILES string of the molecule is CCOC(=O)C(CC)NCc1ccc(C(C)C)cc1. The van der Waals surface area contributed by atoms with E-state index in [1.165, 1.54) is 11.1 Å². The van der Waals surface area contributed by atoms with Crippen LogP contribution in [-0.2, 0) is 16.1 Å². The van der Waals surface area contributed by atoms with E-state index in [2.05, 4.69) is 43.4 Å². The van der Waals surface area contributed by atoms with Gasteiger partial charge in [-0.25, -0.2) is 0 Å². The third-order valence-corrected chi connectivity index (χ3v) is 3.18. The molecular formula is C16H25NO2. The number of ether oxygens (including phenoxy) is 1. The molecule has 0 heterocycles. The predicted octanol–water partition coefficient (Wildman–Crippen LogP) is 3.24. The number of carbonyl (C=O) groups is 1. The zero-order valence-electron chi connectivity index (χ0n) is 12.4. The molecule has 1 aromatic rings. The van der Waals surface area contributed by atoms with Gasteiger partial charge in [0.25, 0.3) is 0 Å². The van der Waals surface area contributed by atoms with Crippen molar-refractivity contribution < 1.29 is 9.53 Å². The summed E-state index contributed by atoms with van der Waals surface area (Å²) in [6.07, 6.45) is 0.739. The van der Waals surface area contributed by atoms with Gasteiger partial charge in [0.15, 0.2) is 0 Å². The van der Waals surface area contributed by atoms with E-state index in [0.29, 0.717) is 19.1 Å². The quantitative estimate of drug-likeness (QED) is 0.767. The van der Waals surface area contributed by atoms with Gasteiger partial charge < -0.3 is 10.1 Å². The Hall–Kier alpha value is -1.35. The minimum atomic E-state index is -0.218. The summed E-state index contributed by atoms with van der Waals surface area (Å²) in [5.74, 6) is 0.383. The molecule has 3 heteroatoms. The van der Waals surface area contributed by atoms with Gasteiger partial charge in [-0.05, 0) is 30.4 Å². The monoisotopic (exact) mass is 263 g/mol. The molecule has 0 aliphatic heterocycles. The van der Waals surface area contributed by atoms with Gasteiger partial charge in [0.05, 0.1) is 6.61 Å². The standard InChI is InChI=1S/C16H25NO2/c1-5-15(16(18)19-6-2)17-11-13-7-9-14(10-8-13)12(3)4/h7-10,12,15,17H,5-6,11H2,1-4H3. The Balaban J connectivity index is 2.52. The molecule has 0 saturated carbocycles. The van der Waals surface area contributed by atoms with Crippen molar-refractivity contribution in [3.63, 3.8) is 0 Å². The smallest absolute Gasteiger partial charge is 0.323 e. The molecule has 0 aliphatic carbocycles. The second kappa shape index (κ2) is 7.95. The zero-order chi connectivity index (χ0) is 14.3. The molecule has 1 atom stereocenters. The highest BCUT2D eigenvalue weighted by Crippen LogP contribution is 2.14. The van der Waals surface area contributed by atoms with Crippen LogP contribution in [0.15, 0.2) is 24.3 Å². The highest BCUT2D eigenvalue weighted by atomic mass is 16.5. The zero-order valence-corrected chi connectivity index (χ0v) is 12.4. The first-order valence-corrected chi connectivity index (χ1v) is 7.07. The van der Waals surface area contributed by atoms with Crippen molar-refractivity contribution >= 4 is 5.97 Å². The van der Waals surface area contributed by atoms with Crippen LogP contribution in [0.4, 0.5) is 0 Å². The van der Waals surface area contributed by atoms with E-state index < -0.39 is 0 Å². The fraction of sp³-hybridized carbons (Fsp3) is 0.562. The molecule has 1 aromatic carbocycles. The van der Waals surface area contributed by atoms with Crippen molar-refractivity contribution in [3.05, 3.63) is 35.4 Å². The Labute approximate surface area is 116 Å². The van der Waals surface area contributed by atoms with Crippen molar-refractivity contribution in [2.75, 3.05) is 6.61 Å². The largest absolute Gasteiger partial charge is 0.465 e. The lowest BCUT2D eigenvalue weighted by molar-refractivity contribution is -0.145. The van der Waals surface area contributed by atoms with Gasteiger partial charge in [-0.1, -0.05) is 45.0 Å². The van der Waals surface area contributed by atoms with Crippen LogP contribution in [0.3, 0.4) is 0 Å². The van der Waals surface area contributed by atoms with Gasteiger partial charge in [-0.3, -0.25) is 4.79 Å². The van der Waals surface area contributed by atoms with Crippen molar-refractivity contribution in [3.8, 4) is 0 Å². The Bertz CT molecular complexity index is 384. The first kappa shape index (κ1) is 15.7. The maximum Gasteiger partial charge on any atom is 0.323 e. The third kappa shape index (κ3) is 5.03. The number of rotatable bonds is 7. The van der Waals surface area contributed by atoms with Crippen LogP contribution in [0, 0.1) is 0 Å². The molecule has 1 rings (SSSR count).